The van der Waals surface area contributed by atoms with Gasteiger partial charge in [0.1, 0.15) is 0 Å². The van der Waals surface area contributed by atoms with E-state index in [9.17, 15) is 9.59 Å². The Balaban J connectivity index is 0.00000126. The molecule has 140 valence electrons. The monoisotopic (exact) mass is 364 g/mol. The molecular formula is C23H24O4. The molecule has 0 amide bonds. The summed E-state index contributed by atoms with van der Waals surface area (Å²) >= 11 is 0. The lowest BCUT2D eigenvalue weighted by molar-refractivity contribution is 0.0601. The summed E-state index contributed by atoms with van der Waals surface area (Å²) in [5, 5.41) is 2.03. The number of ether oxygens (including phenoxy) is 2. The number of benzene rings is 3. The van der Waals surface area contributed by atoms with Crippen LogP contribution in [0.25, 0.3) is 21.9 Å². The van der Waals surface area contributed by atoms with Gasteiger partial charge >= 0.3 is 11.9 Å². The molecule has 0 aliphatic heterocycles. The van der Waals surface area contributed by atoms with Crippen molar-refractivity contribution in [2.45, 2.75) is 20.8 Å². The highest BCUT2D eigenvalue weighted by atomic mass is 16.5. The second-order valence-corrected chi connectivity index (χ2v) is 5.69. The third kappa shape index (κ3) is 3.85. The van der Waals surface area contributed by atoms with Crippen molar-refractivity contribution in [3.8, 4) is 11.1 Å². The average molecular weight is 364 g/mol. The van der Waals surface area contributed by atoms with Crippen LogP contribution in [-0.2, 0) is 9.47 Å². The summed E-state index contributed by atoms with van der Waals surface area (Å²) in [6.45, 7) is 6.03. The van der Waals surface area contributed by atoms with E-state index >= 15 is 0 Å². The molecule has 3 aromatic carbocycles. The van der Waals surface area contributed by atoms with Crippen molar-refractivity contribution in [3.05, 3.63) is 71.3 Å². The molecule has 4 heteroatoms. The zero-order valence-electron chi connectivity index (χ0n) is 16.3. The molecule has 0 aliphatic carbocycles. The highest BCUT2D eigenvalue weighted by molar-refractivity contribution is 6.11. The van der Waals surface area contributed by atoms with E-state index in [1.54, 1.807) is 18.2 Å². The second kappa shape index (κ2) is 8.99. The summed E-state index contributed by atoms with van der Waals surface area (Å²) in [4.78, 5) is 24.6. The van der Waals surface area contributed by atoms with Gasteiger partial charge in [-0.05, 0) is 41.0 Å². The number of carbonyl (C=O) groups excluding carboxylic acids is 2. The quantitative estimate of drug-likeness (QED) is 0.583. The summed E-state index contributed by atoms with van der Waals surface area (Å²) in [6, 6.07) is 16.8. The minimum Gasteiger partial charge on any atom is -0.465 e. The minimum absolute atomic E-state index is 0.333. The van der Waals surface area contributed by atoms with Gasteiger partial charge in [0.05, 0.1) is 25.3 Å². The Hall–Kier alpha value is -3.14. The van der Waals surface area contributed by atoms with Gasteiger partial charge in [-0.1, -0.05) is 56.3 Å². The number of carbonyl (C=O) groups is 2. The third-order valence-corrected chi connectivity index (χ3v) is 4.29. The number of hydrogen-bond acceptors (Lipinski definition) is 4. The summed E-state index contributed by atoms with van der Waals surface area (Å²) in [5.41, 5.74) is 3.10. The molecule has 0 spiro atoms. The lowest BCUT2D eigenvalue weighted by Gasteiger charge is -2.15. The molecule has 4 nitrogen and oxygen atoms in total. The smallest absolute Gasteiger partial charge is 0.338 e. The average Bonchev–Trinajstić information content (AvgIpc) is 2.74. The maximum Gasteiger partial charge on any atom is 0.338 e. The number of hydrogen-bond donors (Lipinski definition) is 0. The Kier molecular flexibility index (Phi) is 6.72. The SMILES string of the molecule is CC.COC(=O)c1cccc(C(=O)OC)c1-c1ccc(C)c2ccccc12. The first-order valence-electron chi connectivity index (χ1n) is 8.87. The van der Waals surface area contributed by atoms with Crippen LogP contribution in [0.2, 0.25) is 0 Å². The van der Waals surface area contributed by atoms with Gasteiger partial charge in [-0.2, -0.15) is 0 Å². The van der Waals surface area contributed by atoms with Gasteiger partial charge in [-0.25, -0.2) is 9.59 Å². The zero-order valence-corrected chi connectivity index (χ0v) is 16.3. The van der Waals surface area contributed by atoms with Crippen LogP contribution in [0.4, 0.5) is 0 Å². The lowest BCUT2D eigenvalue weighted by atomic mass is 9.89. The van der Waals surface area contributed by atoms with E-state index in [1.807, 2.05) is 57.2 Å². The predicted octanol–water partition coefficient (Wildman–Crippen LogP) is 5.41. The van der Waals surface area contributed by atoms with E-state index in [0.29, 0.717) is 16.7 Å². The van der Waals surface area contributed by atoms with Crippen molar-refractivity contribution in [3.63, 3.8) is 0 Å². The molecule has 3 rings (SSSR count). The van der Waals surface area contributed by atoms with Crippen molar-refractivity contribution in [2.24, 2.45) is 0 Å². The molecule has 0 atom stereocenters. The standard InChI is InChI=1S/C21H18O4.C2H6/c1-13-11-12-16(15-8-5-4-7-14(13)15)19-17(20(22)24-2)9-6-10-18(19)21(23)25-3;1-2/h4-12H,1-3H3;1-2H3. The van der Waals surface area contributed by atoms with Gasteiger partial charge in [0.25, 0.3) is 0 Å². The molecule has 0 radical (unpaired) electrons. The van der Waals surface area contributed by atoms with Gasteiger partial charge in [0.15, 0.2) is 0 Å². The minimum atomic E-state index is -0.495. The molecule has 0 saturated carbocycles. The summed E-state index contributed by atoms with van der Waals surface area (Å²) in [7, 11) is 2.65. The zero-order chi connectivity index (χ0) is 20.0. The molecule has 0 aromatic heterocycles. The fourth-order valence-electron chi connectivity index (χ4n) is 3.07. The van der Waals surface area contributed by atoms with Gasteiger partial charge in [-0.3, -0.25) is 0 Å². The first-order chi connectivity index (χ1) is 13.1. The Morgan fingerprint density at radius 2 is 1.22 bits per heavy atom. The Bertz CT molecular complexity index is 939. The van der Waals surface area contributed by atoms with Crippen molar-refractivity contribution >= 4 is 22.7 Å². The first kappa shape index (κ1) is 20.2. The van der Waals surface area contributed by atoms with Crippen LogP contribution in [0.3, 0.4) is 0 Å². The number of aryl methyl sites for hydroxylation is 1. The van der Waals surface area contributed by atoms with Crippen LogP contribution < -0.4 is 0 Å². The summed E-state index contributed by atoms with van der Waals surface area (Å²) < 4.78 is 9.82. The van der Waals surface area contributed by atoms with Crippen LogP contribution in [0.15, 0.2) is 54.6 Å². The molecule has 0 bridgehead atoms. The number of esters is 2. The molecule has 0 N–H and O–H groups in total. The van der Waals surface area contributed by atoms with Gasteiger partial charge in [-0.15, -0.1) is 0 Å². The van der Waals surface area contributed by atoms with E-state index in [1.165, 1.54) is 14.2 Å². The third-order valence-electron chi connectivity index (χ3n) is 4.29. The fourth-order valence-corrected chi connectivity index (χ4v) is 3.07. The Labute approximate surface area is 159 Å². The molecule has 0 fully saturated rings. The van der Waals surface area contributed by atoms with E-state index in [0.717, 1.165) is 21.9 Å². The van der Waals surface area contributed by atoms with Crippen molar-refractivity contribution in [1.29, 1.82) is 0 Å². The van der Waals surface area contributed by atoms with Gasteiger partial charge < -0.3 is 9.47 Å². The fraction of sp³-hybridized carbons (Fsp3) is 0.217. The molecule has 27 heavy (non-hydrogen) atoms. The van der Waals surface area contributed by atoms with E-state index < -0.39 is 11.9 Å². The molecule has 0 aliphatic rings. The summed E-state index contributed by atoms with van der Waals surface area (Å²) in [5.74, 6) is -0.990. The number of methoxy groups -OCH3 is 2. The first-order valence-corrected chi connectivity index (χ1v) is 8.87. The second-order valence-electron chi connectivity index (χ2n) is 5.69. The number of rotatable bonds is 3. The van der Waals surface area contributed by atoms with E-state index in [4.69, 9.17) is 9.47 Å². The van der Waals surface area contributed by atoms with E-state index in [-0.39, 0.29) is 0 Å². The number of fused-ring (bicyclic) bond motifs is 1. The van der Waals surface area contributed by atoms with Gasteiger partial charge in [0, 0.05) is 5.56 Å². The van der Waals surface area contributed by atoms with Crippen molar-refractivity contribution in [2.75, 3.05) is 14.2 Å². The summed E-state index contributed by atoms with van der Waals surface area (Å²) in [6.07, 6.45) is 0. The topological polar surface area (TPSA) is 52.6 Å². The Morgan fingerprint density at radius 3 is 1.74 bits per heavy atom. The lowest BCUT2D eigenvalue weighted by Crippen LogP contribution is -2.10. The highest BCUT2D eigenvalue weighted by Gasteiger charge is 2.22. The highest BCUT2D eigenvalue weighted by Crippen LogP contribution is 2.35. The van der Waals surface area contributed by atoms with Crippen LogP contribution >= 0.6 is 0 Å². The Morgan fingerprint density at radius 1 is 0.704 bits per heavy atom. The molecule has 0 saturated heterocycles. The maximum absolute atomic E-state index is 12.3. The molecular weight excluding hydrogens is 340 g/mol. The van der Waals surface area contributed by atoms with Crippen LogP contribution in [0, 0.1) is 6.92 Å². The van der Waals surface area contributed by atoms with Crippen LogP contribution in [0.1, 0.15) is 40.1 Å². The van der Waals surface area contributed by atoms with Crippen LogP contribution in [-0.4, -0.2) is 26.2 Å². The van der Waals surface area contributed by atoms with Crippen molar-refractivity contribution in [1.82, 2.24) is 0 Å². The van der Waals surface area contributed by atoms with Crippen molar-refractivity contribution < 1.29 is 19.1 Å². The van der Waals surface area contributed by atoms with Gasteiger partial charge in [0.2, 0.25) is 0 Å². The normalized spacial score (nSPS) is 9.96. The van der Waals surface area contributed by atoms with Crippen LogP contribution in [0.5, 0.6) is 0 Å². The largest absolute Gasteiger partial charge is 0.465 e. The predicted molar refractivity (Wildman–Crippen MR) is 108 cm³/mol. The molecule has 0 unspecified atom stereocenters. The molecule has 0 heterocycles. The molecule has 3 aromatic rings. The maximum atomic E-state index is 12.3. The van der Waals surface area contributed by atoms with E-state index in [2.05, 4.69) is 0 Å².